The topological polar surface area (TPSA) is 55.4 Å². The minimum Gasteiger partial charge on any atom is -0.449 e. The standard InChI is InChI=1S/C21H23NO3S/c1-14(25-21(24)17-11-5-6-13-19(17)26-2)20(23)22-18-12-7-9-15-8-3-4-10-16(15)18/h3-6,8,10-11,13-14,18H,7,9,12H2,1-2H3,(H,22,23)/t14-,18-/m0/s1. The highest BCUT2D eigenvalue weighted by molar-refractivity contribution is 7.98. The minimum absolute atomic E-state index is 0.0212. The second-order valence-corrected chi connectivity index (χ2v) is 7.25. The van der Waals surface area contributed by atoms with Crippen molar-refractivity contribution in [2.75, 3.05) is 6.26 Å². The van der Waals surface area contributed by atoms with Crippen molar-refractivity contribution in [1.82, 2.24) is 5.32 Å². The number of hydrogen-bond donors (Lipinski definition) is 1. The molecule has 1 N–H and O–H groups in total. The van der Waals surface area contributed by atoms with Crippen LogP contribution in [0.2, 0.25) is 0 Å². The van der Waals surface area contributed by atoms with Crippen molar-refractivity contribution in [1.29, 1.82) is 0 Å². The molecule has 0 spiro atoms. The van der Waals surface area contributed by atoms with Gasteiger partial charge in [0.1, 0.15) is 0 Å². The number of nitrogens with one attached hydrogen (secondary N) is 1. The molecule has 0 heterocycles. The number of aryl methyl sites for hydroxylation is 1. The van der Waals surface area contributed by atoms with E-state index in [4.69, 9.17) is 4.74 Å². The highest BCUT2D eigenvalue weighted by Crippen LogP contribution is 2.29. The Hall–Kier alpha value is -2.27. The maximum atomic E-state index is 12.5. The van der Waals surface area contributed by atoms with Gasteiger partial charge in [0.2, 0.25) is 0 Å². The Morgan fingerprint density at radius 3 is 2.69 bits per heavy atom. The summed E-state index contributed by atoms with van der Waals surface area (Å²) in [4.78, 5) is 25.8. The van der Waals surface area contributed by atoms with E-state index in [1.165, 1.54) is 22.9 Å². The van der Waals surface area contributed by atoms with Crippen LogP contribution in [-0.2, 0) is 16.0 Å². The first-order valence-electron chi connectivity index (χ1n) is 8.82. The number of ether oxygens (including phenoxy) is 1. The maximum Gasteiger partial charge on any atom is 0.340 e. The quantitative estimate of drug-likeness (QED) is 0.635. The molecule has 2 aromatic rings. The number of benzene rings is 2. The average molecular weight is 369 g/mol. The molecule has 136 valence electrons. The fourth-order valence-electron chi connectivity index (χ4n) is 3.28. The van der Waals surface area contributed by atoms with Crippen molar-refractivity contribution in [2.45, 2.75) is 43.2 Å². The Bertz CT molecular complexity index is 805. The van der Waals surface area contributed by atoms with Crippen LogP contribution in [0.3, 0.4) is 0 Å². The molecule has 4 nitrogen and oxygen atoms in total. The lowest BCUT2D eigenvalue weighted by Crippen LogP contribution is -2.39. The van der Waals surface area contributed by atoms with Gasteiger partial charge in [-0.1, -0.05) is 36.4 Å². The predicted molar refractivity (Wildman–Crippen MR) is 103 cm³/mol. The molecule has 0 saturated heterocycles. The number of esters is 1. The molecule has 1 aliphatic carbocycles. The van der Waals surface area contributed by atoms with Crippen LogP contribution < -0.4 is 5.32 Å². The number of carbonyl (C=O) groups is 2. The summed E-state index contributed by atoms with van der Waals surface area (Å²) in [5.41, 5.74) is 2.93. The van der Waals surface area contributed by atoms with E-state index in [1.807, 2.05) is 30.5 Å². The van der Waals surface area contributed by atoms with Gasteiger partial charge in [0.25, 0.3) is 5.91 Å². The van der Waals surface area contributed by atoms with Gasteiger partial charge in [0, 0.05) is 4.90 Å². The van der Waals surface area contributed by atoms with Crippen molar-refractivity contribution in [2.24, 2.45) is 0 Å². The summed E-state index contributed by atoms with van der Waals surface area (Å²) in [5.74, 6) is -0.733. The van der Waals surface area contributed by atoms with Crippen LogP contribution in [0.5, 0.6) is 0 Å². The Kier molecular flexibility index (Phi) is 5.99. The number of fused-ring (bicyclic) bond motifs is 1. The first-order valence-corrected chi connectivity index (χ1v) is 10.0. The normalized spacial score (nSPS) is 17.1. The van der Waals surface area contributed by atoms with Crippen LogP contribution in [0.1, 0.15) is 47.3 Å². The minimum atomic E-state index is -0.841. The Labute approximate surface area is 158 Å². The van der Waals surface area contributed by atoms with Crippen molar-refractivity contribution in [3.63, 3.8) is 0 Å². The van der Waals surface area contributed by atoms with Gasteiger partial charge in [-0.05, 0) is 55.7 Å². The summed E-state index contributed by atoms with van der Waals surface area (Å²) < 4.78 is 5.41. The lowest BCUT2D eigenvalue weighted by Gasteiger charge is -2.27. The van der Waals surface area contributed by atoms with Crippen LogP contribution in [-0.4, -0.2) is 24.2 Å². The molecular formula is C21H23NO3S. The van der Waals surface area contributed by atoms with Crippen LogP contribution in [0.4, 0.5) is 0 Å². The summed E-state index contributed by atoms with van der Waals surface area (Å²) in [6, 6.07) is 15.4. The van der Waals surface area contributed by atoms with Crippen molar-refractivity contribution in [3.8, 4) is 0 Å². The smallest absolute Gasteiger partial charge is 0.340 e. The number of rotatable bonds is 5. The van der Waals surface area contributed by atoms with Gasteiger partial charge in [0.15, 0.2) is 6.10 Å². The van der Waals surface area contributed by atoms with Crippen LogP contribution in [0.15, 0.2) is 53.4 Å². The predicted octanol–water partition coefficient (Wildman–Crippen LogP) is 4.15. The molecule has 2 atom stereocenters. The van der Waals surface area contributed by atoms with Crippen molar-refractivity contribution in [3.05, 3.63) is 65.2 Å². The highest BCUT2D eigenvalue weighted by atomic mass is 32.2. The summed E-state index contributed by atoms with van der Waals surface area (Å²) in [5, 5.41) is 3.04. The van der Waals surface area contributed by atoms with Gasteiger partial charge in [0.05, 0.1) is 11.6 Å². The monoisotopic (exact) mass is 369 g/mol. The third-order valence-electron chi connectivity index (χ3n) is 4.67. The summed E-state index contributed by atoms with van der Waals surface area (Å²) >= 11 is 1.48. The molecule has 1 amide bonds. The van der Waals surface area contributed by atoms with E-state index in [9.17, 15) is 9.59 Å². The van der Waals surface area contributed by atoms with Gasteiger partial charge in [-0.25, -0.2) is 4.79 Å². The summed E-state index contributed by atoms with van der Waals surface area (Å²) in [6.45, 7) is 1.61. The van der Waals surface area contributed by atoms with Gasteiger partial charge in [-0.2, -0.15) is 0 Å². The molecule has 2 aromatic carbocycles. The first-order chi connectivity index (χ1) is 12.6. The van der Waals surface area contributed by atoms with Gasteiger partial charge >= 0.3 is 5.97 Å². The molecule has 0 radical (unpaired) electrons. The van der Waals surface area contributed by atoms with Crippen molar-refractivity contribution < 1.29 is 14.3 Å². The zero-order valence-electron chi connectivity index (χ0n) is 15.0. The third-order valence-corrected chi connectivity index (χ3v) is 5.46. The van der Waals surface area contributed by atoms with E-state index < -0.39 is 12.1 Å². The number of amides is 1. The van der Waals surface area contributed by atoms with E-state index >= 15 is 0 Å². The molecule has 26 heavy (non-hydrogen) atoms. The van der Waals surface area contributed by atoms with Crippen molar-refractivity contribution >= 4 is 23.6 Å². The van der Waals surface area contributed by atoms with Gasteiger partial charge in [-0.15, -0.1) is 11.8 Å². The summed E-state index contributed by atoms with van der Waals surface area (Å²) in [6.07, 6.45) is 4.04. The number of thioether (sulfide) groups is 1. The second kappa shape index (κ2) is 8.41. The zero-order chi connectivity index (χ0) is 18.5. The fraction of sp³-hybridized carbons (Fsp3) is 0.333. The van der Waals surface area contributed by atoms with Crippen LogP contribution >= 0.6 is 11.8 Å². The molecule has 5 heteroatoms. The first kappa shape index (κ1) is 18.5. The molecule has 0 aliphatic heterocycles. The number of carbonyl (C=O) groups excluding carboxylic acids is 2. The molecule has 0 bridgehead atoms. The lowest BCUT2D eigenvalue weighted by atomic mass is 9.87. The van der Waals surface area contributed by atoms with E-state index in [0.717, 1.165) is 24.2 Å². The molecular weight excluding hydrogens is 346 g/mol. The molecule has 0 fully saturated rings. The molecule has 1 aliphatic rings. The molecule has 0 aromatic heterocycles. The highest BCUT2D eigenvalue weighted by Gasteiger charge is 2.26. The molecule has 0 unspecified atom stereocenters. The van der Waals surface area contributed by atoms with Gasteiger partial charge < -0.3 is 10.1 Å². The summed E-state index contributed by atoms with van der Waals surface area (Å²) in [7, 11) is 0. The Morgan fingerprint density at radius 1 is 1.15 bits per heavy atom. The second-order valence-electron chi connectivity index (χ2n) is 6.40. The van der Waals surface area contributed by atoms with E-state index in [0.29, 0.717) is 5.56 Å². The fourth-order valence-corrected chi connectivity index (χ4v) is 3.87. The van der Waals surface area contributed by atoms with E-state index in [1.54, 1.807) is 19.1 Å². The van der Waals surface area contributed by atoms with Gasteiger partial charge in [-0.3, -0.25) is 4.79 Å². The Morgan fingerprint density at radius 2 is 1.88 bits per heavy atom. The molecule has 0 saturated carbocycles. The number of hydrogen-bond acceptors (Lipinski definition) is 4. The maximum absolute atomic E-state index is 12.5. The largest absolute Gasteiger partial charge is 0.449 e. The lowest BCUT2D eigenvalue weighted by molar-refractivity contribution is -0.130. The molecule has 3 rings (SSSR count). The van der Waals surface area contributed by atoms with E-state index in [2.05, 4.69) is 17.4 Å². The van der Waals surface area contributed by atoms with Crippen LogP contribution in [0.25, 0.3) is 0 Å². The average Bonchev–Trinajstić information content (AvgIpc) is 2.68. The SMILES string of the molecule is CSc1ccccc1C(=O)O[C@@H](C)C(=O)N[C@H]1CCCc2ccccc21. The Balaban J connectivity index is 1.65. The zero-order valence-corrected chi connectivity index (χ0v) is 15.8. The third kappa shape index (κ3) is 4.10. The van der Waals surface area contributed by atoms with Crippen LogP contribution in [0, 0.1) is 0 Å². The van der Waals surface area contributed by atoms with E-state index in [-0.39, 0.29) is 11.9 Å².